The maximum Gasteiger partial charge on any atom is 0.244 e. The van der Waals surface area contributed by atoms with Gasteiger partial charge in [0.25, 0.3) is 0 Å². The van der Waals surface area contributed by atoms with Crippen LogP contribution in [-0.4, -0.2) is 16.4 Å². The number of rotatable bonds is 3. The van der Waals surface area contributed by atoms with E-state index >= 15 is 0 Å². The lowest BCUT2D eigenvalue weighted by atomic mass is 9.87. The van der Waals surface area contributed by atoms with Gasteiger partial charge in [-0.25, -0.2) is 0 Å². The summed E-state index contributed by atoms with van der Waals surface area (Å²) < 4.78 is 5.11. The first-order chi connectivity index (χ1) is 6.45. The minimum atomic E-state index is -0.203. The molecule has 0 aliphatic rings. The third-order valence-corrected chi connectivity index (χ3v) is 2.50. The van der Waals surface area contributed by atoms with Crippen molar-refractivity contribution < 1.29 is 4.52 Å². The molecule has 14 heavy (non-hydrogen) atoms. The fraction of sp³-hybridized carbons (Fsp3) is 0.778. The average molecular weight is 215 g/mol. The summed E-state index contributed by atoms with van der Waals surface area (Å²) in [5.41, 5.74) is 5.93. The van der Waals surface area contributed by atoms with E-state index in [0.29, 0.717) is 11.7 Å². The van der Waals surface area contributed by atoms with Gasteiger partial charge in [0.1, 0.15) is 0 Å². The van der Waals surface area contributed by atoms with Crippen molar-refractivity contribution >= 4 is 11.8 Å². The van der Waals surface area contributed by atoms with Crippen molar-refractivity contribution in [3.05, 3.63) is 11.7 Å². The van der Waals surface area contributed by atoms with Crippen LogP contribution in [-0.2, 0) is 5.75 Å². The molecule has 1 aromatic rings. The van der Waals surface area contributed by atoms with E-state index in [2.05, 4.69) is 30.9 Å². The lowest BCUT2D eigenvalue weighted by Gasteiger charge is -2.23. The Labute approximate surface area is 88.6 Å². The summed E-state index contributed by atoms with van der Waals surface area (Å²) in [5, 5.41) is 3.85. The smallest absolute Gasteiger partial charge is 0.244 e. The molecule has 0 bridgehead atoms. The van der Waals surface area contributed by atoms with Gasteiger partial charge < -0.3 is 10.3 Å². The van der Waals surface area contributed by atoms with Crippen LogP contribution in [0.5, 0.6) is 0 Å². The van der Waals surface area contributed by atoms with Gasteiger partial charge in [-0.05, 0) is 11.7 Å². The van der Waals surface area contributed by atoms with Crippen molar-refractivity contribution in [2.75, 3.05) is 6.26 Å². The van der Waals surface area contributed by atoms with E-state index in [1.165, 1.54) is 0 Å². The van der Waals surface area contributed by atoms with Gasteiger partial charge in [0.15, 0.2) is 5.82 Å². The first-order valence-corrected chi connectivity index (χ1v) is 5.91. The van der Waals surface area contributed by atoms with Gasteiger partial charge >= 0.3 is 0 Å². The molecule has 0 fully saturated rings. The summed E-state index contributed by atoms with van der Waals surface area (Å²) in [4.78, 5) is 4.24. The van der Waals surface area contributed by atoms with Crippen LogP contribution >= 0.6 is 11.8 Å². The Morgan fingerprint density at radius 1 is 1.50 bits per heavy atom. The largest absolute Gasteiger partial charge is 0.338 e. The second-order valence-electron chi connectivity index (χ2n) is 4.33. The number of thioether (sulfide) groups is 1. The quantitative estimate of drug-likeness (QED) is 0.835. The van der Waals surface area contributed by atoms with Crippen LogP contribution in [0.4, 0.5) is 0 Å². The van der Waals surface area contributed by atoms with Crippen molar-refractivity contribution in [2.45, 2.75) is 32.6 Å². The predicted molar refractivity (Wildman–Crippen MR) is 57.9 cm³/mol. The summed E-state index contributed by atoms with van der Waals surface area (Å²) in [6.45, 7) is 6.16. The van der Waals surface area contributed by atoms with Crippen LogP contribution in [0.3, 0.4) is 0 Å². The van der Waals surface area contributed by atoms with Gasteiger partial charge in [-0.2, -0.15) is 16.7 Å². The number of nitrogens with two attached hydrogens (primary N) is 1. The number of aromatic nitrogens is 2. The standard InChI is InChI=1S/C9H17N3OS/c1-9(2,3)7(10)8-11-6(5-14-4)12-13-8/h7H,5,10H2,1-4H3/t7-/m1/s1. The van der Waals surface area contributed by atoms with E-state index < -0.39 is 0 Å². The molecule has 0 aliphatic heterocycles. The zero-order valence-corrected chi connectivity index (χ0v) is 9.89. The minimum absolute atomic E-state index is 0.0524. The molecule has 0 saturated carbocycles. The van der Waals surface area contributed by atoms with E-state index in [-0.39, 0.29) is 11.5 Å². The van der Waals surface area contributed by atoms with E-state index in [1.807, 2.05) is 6.26 Å². The molecule has 1 rings (SSSR count). The molecule has 0 aromatic carbocycles. The molecule has 2 N–H and O–H groups in total. The molecular weight excluding hydrogens is 198 g/mol. The molecule has 0 spiro atoms. The Balaban J connectivity index is 2.76. The van der Waals surface area contributed by atoms with Crippen molar-refractivity contribution in [1.82, 2.24) is 10.1 Å². The van der Waals surface area contributed by atoms with Crippen LogP contribution in [0, 0.1) is 5.41 Å². The van der Waals surface area contributed by atoms with Crippen LogP contribution in [0.25, 0.3) is 0 Å². The molecule has 4 nitrogen and oxygen atoms in total. The average Bonchev–Trinajstić information content (AvgIpc) is 2.50. The van der Waals surface area contributed by atoms with E-state index in [9.17, 15) is 0 Å². The van der Waals surface area contributed by atoms with Gasteiger partial charge in [0, 0.05) is 0 Å². The number of hydrogen-bond acceptors (Lipinski definition) is 5. The molecule has 0 saturated heterocycles. The Morgan fingerprint density at radius 3 is 2.64 bits per heavy atom. The third kappa shape index (κ3) is 2.72. The maximum absolute atomic E-state index is 5.98. The third-order valence-electron chi connectivity index (χ3n) is 1.96. The highest BCUT2D eigenvalue weighted by Crippen LogP contribution is 2.29. The summed E-state index contributed by atoms with van der Waals surface area (Å²) in [6, 6.07) is -0.203. The second kappa shape index (κ2) is 4.31. The van der Waals surface area contributed by atoms with Crippen molar-refractivity contribution in [3.63, 3.8) is 0 Å². The van der Waals surface area contributed by atoms with Crippen molar-refractivity contribution in [2.24, 2.45) is 11.1 Å². The van der Waals surface area contributed by atoms with Crippen molar-refractivity contribution in [3.8, 4) is 0 Å². The topological polar surface area (TPSA) is 64.9 Å². The first kappa shape index (κ1) is 11.5. The molecule has 5 heteroatoms. The van der Waals surface area contributed by atoms with Gasteiger partial charge in [-0.1, -0.05) is 25.9 Å². The van der Waals surface area contributed by atoms with Crippen LogP contribution in [0.15, 0.2) is 4.52 Å². The zero-order chi connectivity index (χ0) is 10.8. The van der Waals surface area contributed by atoms with Gasteiger partial charge in [0.05, 0.1) is 11.8 Å². The summed E-state index contributed by atoms with van der Waals surface area (Å²) >= 11 is 1.66. The monoisotopic (exact) mass is 215 g/mol. The van der Waals surface area contributed by atoms with Gasteiger partial charge in [-0.15, -0.1) is 0 Å². The number of nitrogens with zero attached hydrogens (tertiary/aromatic N) is 2. The zero-order valence-electron chi connectivity index (χ0n) is 9.07. The SMILES string of the molecule is CSCc1noc([C@@H](N)C(C)(C)C)n1. The van der Waals surface area contributed by atoms with Crippen LogP contribution in [0.1, 0.15) is 38.5 Å². The Bertz CT molecular complexity index is 292. The molecular formula is C9H17N3OS. The first-order valence-electron chi connectivity index (χ1n) is 4.52. The molecule has 0 aliphatic carbocycles. The molecule has 0 unspecified atom stereocenters. The fourth-order valence-electron chi connectivity index (χ4n) is 0.952. The number of hydrogen-bond donors (Lipinski definition) is 1. The Hall–Kier alpha value is -0.550. The highest BCUT2D eigenvalue weighted by atomic mass is 32.2. The molecule has 80 valence electrons. The summed E-state index contributed by atoms with van der Waals surface area (Å²) in [5.74, 6) is 2.01. The van der Waals surface area contributed by atoms with Gasteiger partial charge in [0.2, 0.25) is 5.89 Å². The van der Waals surface area contributed by atoms with E-state index in [0.717, 1.165) is 5.75 Å². The molecule has 0 radical (unpaired) electrons. The lowest BCUT2D eigenvalue weighted by molar-refractivity contribution is 0.252. The normalized spacial score (nSPS) is 14.4. The van der Waals surface area contributed by atoms with Crippen LogP contribution < -0.4 is 5.73 Å². The maximum atomic E-state index is 5.98. The Kier molecular flexibility index (Phi) is 3.55. The molecule has 1 aromatic heterocycles. The highest BCUT2D eigenvalue weighted by molar-refractivity contribution is 7.97. The van der Waals surface area contributed by atoms with E-state index in [4.69, 9.17) is 10.3 Å². The van der Waals surface area contributed by atoms with E-state index in [1.54, 1.807) is 11.8 Å². The molecule has 1 heterocycles. The molecule has 0 amide bonds. The second-order valence-corrected chi connectivity index (χ2v) is 5.19. The van der Waals surface area contributed by atoms with Crippen LogP contribution in [0.2, 0.25) is 0 Å². The minimum Gasteiger partial charge on any atom is -0.338 e. The fourth-order valence-corrected chi connectivity index (χ4v) is 1.33. The molecule has 1 atom stereocenters. The summed E-state index contributed by atoms with van der Waals surface area (Å²) in [7, 11) is 0. The van der Waals surface area contributed by atoms with Crippen molar-refractivity contribution in [1.29, 1.82) is 0 Å². The summed E-state index contributed by atoms with van der Waals surface area (Å²) in [6.07, 6.45) is 2.00. The predicted octanol–water partition coefficient (Wildman–Crippen LogP) is 1.98. The Morgan fingerprint density at radius 2 is 2.14 bits per heavy atom. The van der Waals surface area contributed by atoms with Gasteiger partial charge in [-0.3, -0.25) is 0 Å². The highest BCUT2D eigenvalue weighted by Gasteiger charge is 2.27. The lowest BCUT2D eigenvalue weighted by Crippen LogP contribution is -2.26.